The van der Waals surface area contributed by atoms with Crippen molar-refractivity contribution in [1.29, 1.82) is 0 Å². The Morgan fingerprint density at radius 3 is 1.45 bits per heavy atom. The quantitative estimate of drug-likeness (QED) is 0.0358. The van der Waals surface area contributed by atoms with Crippen molar-refractivity contribution in [2.24, 2.45) is 0 Å². The second-order valence-corrected chi connectivity index (χ2v) is 15.3. The number of carbonyl (C=O) groups is 4. The van der Waals surface area contributed by atoms with Crippen LogP contribution in [0.15, 0.2) is 30.3 Å². The molecule has 364 valence electrons. The number of aliphatic hydroxyl groups is 12. The largest absolute Gasteiger partial charge is 0.461 e. The van der Waals surface area contributed by atoms with E-state index in [1.807, 2.05) is 0 Å². The molecule has 25 heteroatoms. The van der Waals surface area contributed by atoms with Gasteiger partial charge in [-0.3, -0.25) is 19.2 Å². The van der Waals surface area contributed by atoms with Gasteiger partial charge in [0.05, 0.1) is 33.0 Å². The molecule has 3 saturated heterocycles. The van der Waals surface area contributed by atoms with Crippen LogP contribution in [-0.4, -0.2) is 246 Å². The molecule has 0 aliphatic carbocycles. The van der Waals surface area contributed by atoms with Gasteiger partial charge in [0.2, 0.25) is 18.1 Å². The van der Waals surface area contributed by atoms with Crippen LogP contribution < -0.4 is 0 Å². The van der Waals surface area contributed by atoms with Crippen molar-refractivity contribution in [2.75, 3.05) is 59.2 Å². The van der Waals surface area contributed by atoms with E-state index in [1.54, 1.807) is 30.3 Å². The molecule has 2 amide bonds. The Hall–Kier alpha value is -3.58. The van der Waals surface area contributed by atoms with Crippen LogP contribution in [0.5, 0.6) is 0 Å². The van der Waals surface area contributed by atoms with Crippen molar-refractivity contribution in [3.8, 4) is 0 Å². The van der Waals surface area contributed by atoms with Crippen molar-refractivity contribution in [3.63, 3.8) is 0 Å². The normalized spacial score (nSPS) is 33.0. The van der Waals surface area contributed by atoms with Gasteiger partial charge in [0, 0.05) is 25.9 Å². The van der Waals surface area contributed by atoms with Crippen molar-refractivity contribution in [2.45, 2.75) is 124 Å². The minimum Gasteiger partial charge on any atom is -0.461 e. The molecule has 0 aromatic heterocycles. The number of unbranched alkanes of at least 4 members (excludes halogenated alkanes) is 1. The van der Waals surface area contributed by atoms with Gasteiger partial charge in [0.25, 0.3) is 0 Å². The fourth-order valence-corrected chi connectivity index (χ4v) is 6.83. The standard InChI is InChI=1S/C39H60N2O23/c42-16-21-28(49)31(52)34(55)37(61-21)58-12-10-40(11-13-59-38-35(56)32(53)29(50)22(17-43)62-38)25(46)14-41(15-27(48)64-39-36(57)33(54)30(51)23(18-44)63-39)24(45)8-4-5-9-26(47)60-19-20-6-2-1-3-7-20/h1-3,6-7,21-23,28-39,42-44,49-57H,4-5,8-19H2/t21-,22-,23-,28-,29-,30-,31+,32+,33+,34+,35+,36+,37+,38+,39-/m1/s1. The van der Waals surface area contributed by atoms with Crippen LogP contribution in [0.1, 0.15) is 31.2 Å². The van der Waals surface area contributed by atoms with Crippen molar-refractivity contribution in [1.82, 2.24) is 9.80 Å². The van der Waals surface area contributed by atoms with Gasteiger partial charge in [-0.15, -0.1) is 0 Å². The zero-order valence-electron chi connectivity index (χ0n) is 34.7. The van der Waals surface area contributed by atoms with E-state index in [4.69, 9.17) is 33.2 Å². The molecule has 12 N–H and O–H groups in total. The smallest absolute Gasteiger partial charge is 0.328 e. The maximum atomic E-state index is 14.0. The summed E-state index contributed by atoms with van der Waals surface area (Å²) in [6.45, 7) is -5.88. The fourth-order valence-electron chi connectivity index (χ4n) is 6.83. The predicted molar refractivity (Wildman–Crippen MR) is 207 cm³/mol. The molecule has 3 heterocycles. The molecular formula is C39H60N2O23. The molecule has 25 nitrogen and oxygen atoms in total. The summed E-state index contributed by atoms with van der Waals surface area (Å²) in [6.07, 6.45) is -25.6. The number of amides is 2. The first-order chi connectivity index (χ1) is 30.5. The molecule has 0 saturated carbocycles. The number of ether oxygens (including phenoxy) is 7. The van der Waals surface area contributed by atoms with E-state index in [2.05, 4.69) is 0 Å². The first-order valence-electron chi connectivity index (χ1n) is 20.6. The molecule has 3 aliphatic rings. The van der Waals surface area contributed by atoms with Crippen LogP contribution in [0.2, 0.25) is 0 Å². The van der Waals surface area contributed by atoms with Crippen LogP contribution in [0.3, 0.4) is 0 Å². The van der Waals surface area contributed by atoms with Crippen molar-refractivity contribution in [3.05, 3.63) is 35.9 Å². The Morgan fingerprint density at radius 1 is 0.516 bits per heavy atom. The van der Waals surface area contributed by atoms with E-state index in [0.717, 1.165) is 15.4 Å². The highest BCUT2D eigenvalue weighted by molar-refractivity contribution is 5.88. The predicted octanol–water partition coefficient (Wildman–Crippen LogP) is -7.08. The zero-order valence-corrected chi connectivity index (χ0v) is 34.7. The number of nitrogens with zero attached hydrogens (tertiary/aromatic N) is 2. The molecular weight excluding hydrogens is 864 g/mol. The third-order valence-electron chi connectivity index (χ3n) is 10.7. The van der Waals surface area contributed by atoms with Gasteiger partial charge in [-0.05, 0) is 18.4 Å². The van der Waals surface area contributed by atoms with Crippen LogP contribution in [0.25, 0.3) is 0 Å². The maximum Gasteiger partial charge on any atom is 0.328 e. The first-order valence-corrected chi connectivity index (χ1v) is 20.6. The molecule has 0 radical (unpaired) electrons. The highest BCUT2D eigenvalue weighted by Crippen LogP contribution is 2.25. The van der Waals surface area contributed by atoms with Gasteiger partial charge >= 0.3 is 11.9 Å². The summed E-state index contributed by atoms with van der Waals surface area (Å²) in [5.74, 6) is -3.50. The van der Waals surface area contributed by atoms with E-state index in [1.165, 1.54) is 0 Å². The van der Waals surface area contributed by atoms with Gasteiger partial charge in [-0.25, -0.2) is 0 Å². The van der Waals surface area contributed by atoms with Crippen LogP contribution >= 0.6 is 0 Å². The number of hydrogen-bond donors (Lipinski definition) is 12. The molecule has 0 bridgehead atoms. The van der Waals surface area contributed by atoms with E-state index in [0.29, 0.717) is 0 Å². The summed E-state index contributed by atoms with van der Waals surface area (Å²) in [5.41, 5.74) is 0.761. The molecule has 1 aromatic rings. The molecule has 0 unspecified atom stereocenters. The Morgan fingerprint density at radius 2 is 0.969 bits per heavy atom. The second-order valence-electron chi connectivity index (χ2n) is 15.3. The Labute approximate surface area is 366 Å². The number of carbonyl (C=O) groups excluding carboxylic acids is 4. The highest BCUT2D eigenvalue weighted by atomic mass is 16.7. The minimum atomic E-state index is -1.99. The number of aliphatic hydroxyl groups excluding tert-OH is 12. The molecule has 64 heavy (non-hydrogen) atoms. The molecule has 4 rings (SSSR count). The summed E-state index contributed by atoms with van der Waals surface area (Å²) in [4.78, 5) is 55.1. The summed E-state index contributed by atoms with van der Waals surface area (Å²) < 4.78 is 37.4. The van der Waals surface area contributed by atoms with Crippen LogP contribution in [-0.2, 0) is 58.9 Å². The summed E-state index contributed by atoms with van der Waals surface area (Å²) in [5, 5.41) is 121. The van der Waals surface area contributed by atoms with Gasteiger partial charge in [-0.1, -0.05) is 30.3 Å². The number of esters is 2. The molecule has 0 spiro atoms. The lowest BCUT2D eigenvalue weighted by molar-refractivity contribution is -0.303. The summed E-state index contributed by atoms with van der Waals surface area (Å²) in [7, 11) is 0. The Bertz CT molecular complexity index is 1550. The number of rotatable bonds is 23. The molecule has 3 fully saturated rings. The molecule has 3 aliphatic heterocycles. The van der Waals surface area contributed by atoms with Crippen molar-refractivity contribution >= 4 is 23.8 Å². The average Bonchev–Trinajstić information content (AvgIpc) is 3.29. The minimum absolute atomic E-state index is 0.0304. The van der Waals surface area contributed by atoms with Gasteiger partial charge < -0.3 is 104 Å². The highest BCUT2D eigenvalue weighted by Gasteiger charge is 2.47. The molecule has 15 atom stereocenters. The first kappa shape index (κ1) is 53.0. The lowest BCUT2D eigenvalue weighted by Crippen LogP contribution is -2.60. The Balaban J connectivity index is 1.47. The topological polar surface area (TPSA) is 382 Å². The lowest BCUT2D eigenvalue weighted by Gasteiger charge is -2.40. The van der Waals surface area contributed by atoms with E-state index in [9.17, 15) is 80.5 Å². The summed E-state index contributed by atoms with van der Waals surface area (Å²) >= 11 is 0. The average molecular weight is 925 g/mol. The third-order valence-corrected chi connectivity index (χ3v) is 10.7. The van der Waals surface area contributed by atoms with E-state index < -0.39 is 175 Å². The van der Waals surface area contributed by atoms with Crippen LogP contribution in [0, 0.1) is 0 Å². The Kier molecular flexibility index (Phi) is 21.5. The number of hydrogen-bond acceptors (Lipinski definition) is 23. The molecule has 1 aromatic carbocycles. The van der Waals surface area contributed by atoms with Gasteiger partial charge in [-0.2, -0.15) is 0 Å². The third kappa shape index (κ3) is 14.7. The second kappa shape index (κ2) is 25.9. The van der Waals surface area contributed by atoms with Crippen LogP contribution in [0.4, 0.5) is 0 Å². The maximum absolute atomic E-state index is 14.0. The number of benzene rings is 1. The zero-order chi connectivity index (χ0) is 47.1. The monoisotopic (exact) mass is 924 g/mol. The van der Waals surface area contributed by atoms with E-state index in [-0.39, 0.29) is 32.3 Å². The van der Waals surface area contributed by atoms with Crippen molar-refractivity contribution < 1.29 is 114 Å². The fraction of sp³-hybridized carbons (Fsp3) is 0.744. The summed E-state index contributed by atoms with van der Waals surface area (Å²) in [6, 6.07) is 8.90. The SMILES string of the molecule is O=C(CCCCC(=O)N(CC(=O)O[C@H]1O[C@H](CO)[C@@H](O)[C@H](O)[C@@H]1O)CC(=O)N(CCO[C@H]1O[C@H](CO)[C@@H](O)[C@H](O)[C@@H]1O)CCO[C@H]1O[C@H](CO)[C@@H](O)[C@H](O)[C@@H]1O)OCc1ccccc1. The van der Waals surface area contributed by atoms with Gasteiger partial charge in [0.1, 0.15) is 92.9 Å². The lowest BCUT2D eigenvalue weighted by atomic mass is 9.99. The van der Waals surface area contributed by atoms with Gasteiger partial charge in [0.15, 0.2) is 12.6 Å². The van der Waals surface area contributed by atoms with E-state index >= 15 is 0 Å².